The molecule has 0 aromatic carbocycles. The molecule has 2 amide bonds. The van der Waals surface area contributed by atoms with E-state index in [4.69, 9.17) is 9.15 Å². The van der Waals surface area contributed by atoms with Gasteiger partial charge in [0.1, 0.15) is 22.9 Å². The van der Waals surface area contributed by atoms with Crippen LogP contribution in [0.3, 0.4) is 0 Å². The Hall–Kier alpha value is -3.90. The number of carbonyl (C=O) groups excluding carboxylic acids is 2. The van der Waals surface area contributed by atoms with E-state index in [9.17, 15) is 14.9 Å². The van der Waals surface area contributed by atoms with Crippen molar-refractivity contribution in [2.24, 2.45) is 0 Å². The van der Waals surface area contributed by atoms with Crippen LogP contribution in [0.15, 0.2) is 53.4 Å². The van der Waals surface area contributed by atoms with Crippen molar-refractivity contribution in [2.75, 3.05) is 5.32 Å². The SMILES string of the molecule is N#Cc1c(NC(=O)/C=C/c2ccco2)sc2c1CCC(OC(=O)NCc1ccncc1)C2. The summed E-state index contributed by atoms with van der Waals surface area (Å²) in [7, 11) is 0. The van der Waals surface area contributed by atoms with Crippen molar-refractivity contribution in [3.63, 3.8) is 0 Å². The number of alkyl carbamates (subject to hydrolysis) is 1. The Kier molecular flexibility index (Phi) is 6.63. The van der Waals surface area contributed by atoms with E-state index in [1.54, 1.807) is 30.6 Å². The van der Waals surface area contributed by atoms with Crippen LogP contribution in [-0.4, -0.2) is 23.1 Å². The lowest BCUT2D eigenvalue weighted by atomic mass is 9.94. The number of amides is 2. The fourth-order valence-electron chi connectivity index (χ4n) is 3.43. The molecule has 0 bridgehead atoms. The predicted molar refractivity (Wildman–Crippen MR) is 119 cm³/mol. The summed E-state index contributed by atoms with van der Waals surface area (Å²) in [6, 6.07) is 9.31. The lowest BCUT2D eigenvalue weighted by Crippen LogP contribution is -2.31. The van der Waals surface area contributed by atoms with Crippen LogP contribution in [0.2, 0.25) is 0 Å². The summed E-state index contributed by atoms with van der Waals surface area (Å²) in [4.78, 5) is 29.3. The minimum absolute atomic E-state index is 0.285. The van der Waals surface area contributed by atoms with Crippen molar-refractivity contribution >= 4 is 34.4 Å². The highest BCUT2D eigenvalue weighted by molar-refractivity contribution is 7.16. The molecular formula is C23H20N4O4S. The monoisotopic (exact) mass is 448 g/mol. The minimum atomic E-state index is -0.482. The maximum absolute atomic E-state index is 12.3. The fourth-order valence-corrected chi connectivity index (χ4v) is 4.69. The highest BCUT2D eigenvalue weighted by Gasteiger charge is 2.28. The van der Waals surface area contributed by atoms with E-state index in [1.165, 1.54) is 23.7 Å². The number of nitrogens with one attached hydrogen (secondary N) is 2. The summed E-state index contributed by atoms with van der Waals surface area (Å²) < 4.78 is 10.7. The molecule has 8 nitrogen and oxygen atoms in total. The zero-order valence-corrected chi connectivity index (χ0v) is 17.9. The molecule has 1 unspecified atom stereocenters. The number of hydrogen-bond acceptors (Lipinski definition) is 7. The maximum atomic E-state index is 12.3. The molecule has 0 saturated heterocycles. The Morgan fingerprint density at radius 3 is 2.94 bits per heavy atom. The van der Waals surface area contributed by atoms with Gasteiger partial charge in [-0.25, -0.2) is 4.79 Å². The molecule has 162 valence electrons. The van der Waals surface area contributed by atoms with Crippen LogP contribution < -0.4 is 10.6 Å². The molecule has 2 N–H and O–H groups in total. The number of nitriles is 1. The third-order valence-electron chi connectivity index (χ3n) is 4.97. The standard InChI is InChI=1S/C23H20N4O4S/c24-13-19-18-5-3-17(31-23(29)26-14-15-7-9-25-10-8-15)12-20(18)32-22(19)27-21(28)6-4-16-2-1-11-30-16/h1-2,4,6-11,17H,3,5,12,14H2,(H,26,29)(H,27,28)/b6-4+. The van der Waals surface area contributed by atoms with E-state index in [-0.39, 0.29) is 12.0 Å². The molecule has 0 aliphatic heterocycles. The zero-order chi connectivity index (χ0) is 22.3. The van der Waals surface area contributed by atoms with Crippen LogP contribution >= 0.6 is 11.3 Å². The second-order valence-electron chi connectivity index (χ2n) is 7.14. The highest BCUT2D eigenvalue weighted by atomic mass is 32.1. The Labute approximate surface area is 188 Å². The summed E-state index contributed by atoms with van der Waals surface area (Å²) in [5.41, 5.74) is 2.33. The number of fused-ring (bicyclic) bond motifs is 1. The van der Waals surface area contributed by atoms with E-state index in [1.807, 2.05) is 12.1 Å². The Morgan fingerprint density at radius 1 is 1.34 bits per heavy atom. The average molecular weight is 449 g/mol. The second-order valence-corrected chi connectivity index (χ2v) is 8.24. The zero-order valence-electron chi connectivity index (χ0n) is 17.0. The molecule has 3 aromatic heterocycles. The highest BCUT2D eigenvalue weighted by Crippen LogP contribution is 2.38. The molecule has 0 radical (unpaired) electrons. The van der Waals surface area contributed by atoms with Gasteiger partial charge in [0.15, 0.2) is 0 Å². The van der Waals surface area contributed by atoms with Gasteiger partial charge in [-0.1, -0.05) is 0 Å². The summed E-state index contributed by atoms with van der Waals surface area (Å²) in [6.45, 7) is 0.360. The minimum Gasteiger partial charge on any atom is -0.465 e. The van der Waals surface area contributed by atoms with Gasteiger partial charge in [-0.15, -0.1) is 11.3 Å². The Bertz CT molecular complexity index is 1160. The van der Waals surface area contributed by atoms with Crippen LogP contribution in [0.25, 0.3) is 6.08 Å². The number of ether oxygens (including phenoxy) is 1. The van der Waals surface area contributed by atoms with Gasteiger partial charge in [0.05, 0.1) is 11.8 Å². The Balaban J connectivity index is 1.36. The summed E-state index contributed by atoms with van der Waals surface area (Å²) in [5.74, 6) is 0.216. The lowest BCUT2D eigenvalue weighted by molar-refractivity contribution is -0.111. The van der Waals surface area contributed by atoms with Crippen molar-refractivity contribution in [3.8, 4) is 6.07 Å². The van der Waals surface area contributed by atoms with Crippen molar-refractivity contribution in [1.29, 1.82) is 5.26 Å². The molecule has 32 heavy (non-hydrogen) atoms. The van der Waals surface area contributed by atoms with E-state index in [0.717, 1.165) is 16.0 Å². The average Bonchev–Trinajstić information content (AvgIpc) is 3.44. The maximum Gasteiger partial charge on any atom is 0.407 e. The number of aromatic nitrogens is 1. The fraction of sp³-hybridized carbons (Fsp3) is 0.217. The smallest absolute Gasteiger partial charge is 0.407 e. The van der Waals surface area contributed by atoms with Crippen LogP contribution in [0.1, 0.15) is 33.7 Å². The molecule has 3 aromatic rings. The largest absolute Gasteiger partial charge is 0.465 e. The van der Waals surface area contributed by atoms with Gasteiger partial charge >= 0.3 is 6.09 Å². The van der Waals surface area contributed by atoms with Gasteiger partial charge in [-0.3, -0.25) is 9.78 Å². The lowest BCUT2D eigenvalue weighted by Gasteiger charge is -2.22. The first-order chi connectivity index (χ1) is 15.6. The van der Waals surface area contributed by atoms with Crippen LogP contribution in [-0.2, 0) is 28.9 Å². The van der Waals surface area contributed by atoms with E-state index in [2.05, 4.69) is 21.7 Å². The molecular weight excluding hydrogens is 428 g/mol. The quantitative estimate of drug-likeness (QED) is 0.550. The van der Waals surface area contributed by atoms with Crippen molar-refractivity contribution in [1.82, 2.24) is 10.3 Å². The molecule has 0 saturated carbocycles. The predicted octanol–water partition coefficient (Wildman–Crippen LogP) is 4.04. The molecule has 0 spiro atoms. The second kappa shape index (κ2) is 9.94. The van der Waals surface area contributed by atoms with Gasteiger partial charge in [0.25, 0.3) is 0 Å². The first kappa shape index (κ1) is 21.3. The third kappa shape index (κ3) is 5.22. The number of pyridine rings is 1. The van der Waals surface area contributed by atoms with Crippen LogP contribution in [0.5, 0.6) is 0 Å². The van der Waals surface area contributed by atoms with Crippen LogP contribution in [0.4, 0.5) is 9.80 Å². The molecule has 1 aliphatic rings. The number of anilines is 1. The van der Waals surface area contributed by atoms with Gasteiger partial charge in [-0.2, -0.15) is 5.26 Å². The first-order valence-electron chi connectivity index (χ1n) is 10.0. The van der Waals surface area contributed by atoms with E-state index >= 15 is 0 Å². The molecule has 9 heteroatoms. The van der Waals surface area contributed by atoms with Crippen molar-refractivity contribution < 1.29 is 18.7 Å². The summed E-state index contributed by atoms with van der Waals surface area (Å²) in [6.07, 6.45) is 8.74. The van der Waals surface area contributed by atoms with Crippen molar-refractivity contribution in [2.45, 2.75) is 31.9 Å². The number of rotatable bonds is 6. The number of thiophene rings is 1. The third-order valence-corrected chi connectivity index (χ3v) is 6.14. The summed E-state index contributed by atoms with van der Waals surface area (Å²) in [5, 5.41) is 15.6. The van der Waals surface area contributed by atoms with Crippen LogP contribution in [0, 0.1) is 11.3 Å². The molecule has 3 heterocycles. The number of hydrogen-bond donors (Lipinski definition) is 2. The molecule has 1 aliphatic carbocycles. The Morgan fingerprint density at radius 2 is 2.19 bits per heavy atom. The number of furan rings is 1. The van der Waals surface area contributed by atoms with Crippen molar-refractivity contribution in [3.05, 3.63) is 76.3 Å². The first-order valence-corrected chi connectivity index (χ1v) is 10.8. The van der Waals surface area contributed by atoms with Gasteiger partial charge < -0.3 is 19.8 Å². The van der Waals surface area contributed by atoms with Gasteiger partial charge in [0.2, 0.25) is 5.91 Å². The van der Waals surface area contributed by atoms with E-state index < -0.39 is 6.09 Å². The normalized spacial score (nSPS) is 15.0. The van der Waals surface area contributed by atoms with Gasteiger partial charge in [0, 0.05) is 36.3 Å². The molecule has 0 fully saturated rings. The van der Waals surface area contributed by atoms with Gasteiger partial charge in [-0.05, 0) is 54.3 Å². The topological polar surface area (TPSA) is 117 Å². The number of carbonyl (C=O) groups is 2. The van der Waals surface area contributed by atoms with E-state index in [0.29, 0.717) is 42.1 Å². The number of nitrogens with zero attached hydrogens (tertiary/aromatic N) is 2. The molecule has 4 rings (SSSR count). The summed E-state index contributed by atoms with van der Waals surface area (Å²) >= 11 is 1.35. The molecule has 1 atom stereocenters.